The SMILES string of the molecule is O=c1c(NCC(F)(F)c2cccc[n+]2O)ncc(Cl)n1CCO. The first kappa shape index (κ1) is 17.1. The molecule has 0 saturated heterocycles. The van der Waals surface area contributed by atoms with Gasteiger partial charge in [-0.05, 0) is 6.07 Å². The van der Waals surface area contributed by atoms with E-state index < -0.39 is 23.7 Å². The number of hydrogen-bond donors (Lipinski definition) is 3. The topological polar surface area (TPSA) is 91.3 Å². The van der Waals surface area contributed by atoms with Crippen LogP contribution in [0.2, 0.25) is 5.15 Å². The second kappa shape index (κ2) is 6.88. The van der Waals surface area contributed by atoms with Crippen LogP contribution in [0.1, 0.15) is 5.69 Å². The fourth-order valence-electron chi connectivity index (χ4n) is 1.91. The average molecular weight is 348 g/mol. The zero-order valence-corrected chi connectivity index (χ0v) is 12.5. The van der Waals surface area contributed by atoms with Crippen molar-refractivity contribution >= 4 is 17.4 Å². The number of halogens is 3. The van der Waals surface area contributed by atoms with E-state index in [2.05, 4.69) is 10.3 Å². The van der Waals surface area contributed by atoms with Crippen LogP contribution < -0.4 is 15.6 Å². The van der Waals surface area contributed by atoms with Gasteiger partial charge in [0.05, 0.1) is 25.9 Å². The molecule has 0 amide bonds. The van der Waals surface area contributed by atoms with Crippen molar-refractivity contribution in [2.24, 2.45) is 0 Å². The Balaban J connectivity index is 2.22. The molecule has 0 saturated carbocycles. The highest BCUT2D eigenvalue weighted by atomic mass is 35.5. The number of hydrogen-bond acceptors (Lipinski definition) is 5. The lowest BCUT2D eigenvalue weighted by molar-refractivity contribution is -0.913. The molecule has 0 aliphatic rings. The summed E-state index contributed by atoms with van der Waals surface area (Å²) in [6.07, 6.45) is 2.19. The van der Waals surface area contributed by atoms with E-state index in [-0.39, 0.29) is 24.1 Å². The number of nitrogens with one attached hydrogen (secondary N) is 1. The molecule has 2 aromatic heterocycles. The monoisotopic (exact) mass is 347 g/mol. The predicted molar refractivity (Wildman–Crippen MR) is 76.8 cm³/mol. The van der Waals surface area contributed by atoms with E-state index in [1.54, 1.807) is 0 Å². The molecule has 10 heteroatoms. The second-order valence-electron chi connectivity index (χ2n) is 4.60. The first-order chi connectivity index (χ1) is 10.9. The van der Waals surface area contributed by atoms with E-state index in [4.69, 9.17) is 16.7 Å². The summed E-state index contributed by atoms with van der Waals surface area (Å²) in [7, 11) is 0. The molecule has 0 aliphatic carbocycles. The minimum atomic E-state index is -3.45. The third-order valence-corrected chi connectivity index (χ3v) is 3.32. The molecule has 23 heavy (non-hydrogen) atoms. The lowest BCUT2D eigenvalue weighted by Crippen LogP contribution is -2.43. The van der Waals surface area contributed by atoms with E-state index in [0.717, 1.165) is 23.0 Å². The van der Waals surface area contributed by atoms with Crippen LogP contribution in [0.25, 0.3) is 0 Å². The molecule has 0 fully saturated rings. The third-order valence-electron chi connectivity index (χ3n) is 3.02. The molecule has 3 N–H and O–H groups in total. The Bertz CT molecular complexity index is 754. The van der Waals surface area contributed by atoms with Crippen LogP contribution in [-0.2, 0) is 12.5 Å². The number of nitrogens with zero attached hydrogens (tertiary/aromatic N) is 3. The minimum absolute atomic E-state index is 0.0161. The van der Waals surface area contributed by atoms with Crippen molar-refractivity contribution in [3.63, 3.8) is 0 Å². The summed E-state index contributed by atoms with van der Waals surface area (Å²) in [6.45, 7) is -1.38. The van der Waals surface area contributed by atoms with Crippen LogP contribution in [0.3, 0.4) is 0 Å². The van der Waals surface area contributed by atoms with Gasteiger partial charge in [-0.2, -0.15) is 8.78 Å². The zero-order chi connectivity index (χ0) is 17.0. The molecular formula is C13H14ClF2N4O3+. The molecular weight excluding hydrogens is 334 g/mol. The molecule has 124 valence electrons. The highest BCUT2D eigenvalue weighted by molar-refractivity contribution is 6.29. The Labute approximate surface area is 134 Å². The number of aliphatic hydroxyl groups excluding tert-OH is 1. The van der Waals surface area contributed by atoms with E-state index in [1.165, 1.54) is 12.1 Å². The van der Waals surface area contributed by atoms with Crippen molar-refractivity contribution in [1.29, 1.82) is 0 Å². The molecule has 0 spiro atoms. The highest BCUT2D eigenvalue weighted by Crippen LogP contribution is 2.24. The lowest BCUT2D eigenvalue weighted by Gasteiger charge is -2.14. The van der Waals surface area contributed by atoms with Crippen molar-refractivity contribution in [2.75, 3.05) is 18.5 Å². The van der Waals surface area contributed by atoms with Crippen molar-refractivity contribution in [3.05, 3.63) is 51.8 Å². The van der Waals surface area contributed by atoms with Crippen LogP contribution in [0, 0.1) is 0 Å². The Morgan fingerprint density at radius 2 is 2.17 bits per heavy atom. The maximum absolute atomic E-state index is 14.1. The van der Waals surface area contributed by atoms with Gasteiger partial charge in [0.15, 0.2) is 5.82 Å². The summed E-state index contributed by atoms with van der Waals surface area (Å²) in [5.74, 6) is -3.78. The maximum atomic E-state index is 14.1. The summed E-state index contributed by atoms with van der Waals surface area (Å²) in [5, 5.41) is 20.5. The lowest BCUT2D eigenvalue weighted by atomic mass is 10.2. The van der Waals surface area contributed by atoms with Gasteiger partial charge in [0.1, 0.15) is 5.15 Å². The average Bonchev–Trinajstić information content (AvgIpc) is 2.51. The number of pyridine rings is 1. The fraction of sp³-hybridized carbons (Fsp3) is 0.308. The van der Waals surface area contributed by atoms with E-state index >= 15 is 0 Å². The van der Waals surface area contributed by atoms with Crippen molar-refractivity contribution in [2.45, 2.75) is 12.5 Å². The molecule has 2 rings (SSSR count). The van der Waals surface area contributed by atoms with Gasteiger partial charge in [-0.3, -0.25) is 14.6 Å². The molecule has 0 aromatic carbocycles. The predicted octanol–water partition coefficient (Wildman–Crippen LogP) is 0.618. The molecule has 0 unspecified atom stereocenters. The second-order valence-corrected chi connectivity index (χ2v) is 4.99. The van der Waals surface area contributed by atoms with Crippen LogP contribution in [0.4, 0.5) is 14.6 Å². The summed E-state index contributed by atoms with van der Waals surface area (Å²) >= 11 is 5.76. The van der Waals surface area contributed by atoms with E-state index in [0.29, 0.717) is 4.73 Å². The number of aliphatic hydroxyl groups is 1. The largest absolute Gasteiger partial charge is 0.395 e. The Morgan fingerprint density at radius 3 is 2.83 bits per heavy atom. The Morgan fingerprint density at radius 1 is 1.43 bits per heavy atom. The Hall–Kier alpha value is -2.26. The van der Waals surface area contributed by atoms with Gasteiger partial charge in [-0.25, -0.2) is 4.98 Å². The summed E-state index contributed by atoms with van der Waals surface area (Å²) in [4.78, 5) is 15.7. The summed E-state index contributed by atoms with van der Waals surface area (Å²) in [6, 6.07) is 3.80. The smallest absolute Gasteiger partial charge is 0.351 e. The standard InChI is InChI=1S/C13H14ClF2N4O3/c14-10-7-17-11(12(22)19(10)5-6-21)18-8-13(15,16)9-3-1-2-4-20(9)23/h1-4,7,21,23H,5-6,8H2,(H,17,18)/q+1. The van der Waals surface area contributed by atoms with Gasteiger partial charge in [0, 0.05) is 16.9 Å². The van der Waals surface area contributed by atoms with E-state index in [1.807, 2.05) is 0 Å². The van der Waals surface area contributed by atoms with Crippen LogP contribution in [-0.4, -0.2) is 33.0 Å². The molecule has 0 aliphatic heterocycles. The summed E-state index contributed by atoms with van der Waals surface area (Å²) in [5.41, 5.74) is -1.37. The zero-order valence-electron chi connectivity index (χ0n) is 11.8. The molecule has 2 heterocycles. The first-order valence-corrected chi connectivity index (χ1v) is 6.93. The van der Waals surface area contributed by atoms with Gasteiger partial charge in [0.2, 0.25) is 6.20 Å². The van der Waals surface area contributed by atoms with Crippen molar-refractivity contribution in [3.8, 4) is 0 Å². The quantitative estimate of drug-likeness (QED) is 0.526. The van der Waals surface area contributed by atoms with Gasteiger partial charge in [0.25, 0.3) is 5.56 Å². The molecule has 2 aromatic rings. The van der Waals surface area contributed by atoms with Gasteiger partial charge < -0.3 is 10.4 Å². The number of aromatic nitrogens is 3. The normalized spacial score (nSPS) is 11.5. The van der Waals surface area contributed by atoms with Crippen LogP contribution in [0.5, 0.6) is 0 Å². The number of rotatable bonds is 6. The molecule has 0 atom stereocenters. The first-order valence-electron chi connectivity index (χ1n) is 6.55. The molecule has 7 nitrogen and oxygen atoms in total. The Kier molecular flexibility index (Phi) is 5.12. The van der Waals surface area contributed by atoms with E-state index in [9.17, 15) is 18.8 Å². The van der Waals surface area contributed by atoms with Crippen molar-refractivity contribution in [1.82, 2.24) is 9.55 Å². The van der Waals surface area contributed by atoms with Gasteiger partial charge in [-0.1, -0.05) is 11.6 Å². The molecule has 0 radical (unpaired) electrons. The van der Waals surface area contributed by atoms with Crippen molar-refractivity contribution < 1.29 is 23.8 Å². The van der Waals surface area contributed by atoms with Gasteiger partial charge >= 0.3 is 11.6 Å². The highest BCUT2D eigenvalue weighted by Gasteiger charge is 2.41. The third kappa shape index (κ3) is 3.74. The van der Waals surface area contributed by atoms with Gasteiger partial charge in [-0.15, -0.1) is 0 Å². The minimum Gasteiger partial charge on any atom is -0.395 e. The number of alkyl halides is 2. The van der Waals surface area contributed by atoms with Crippen LogP contribution in [0.15, 0.2) is 35.4 Å². The molecule has 0 bridgehead atoms. The van der Waals surface area contributed by atoms with Crippen LogP contribution >= 0.6 is 11.6 Å². The maximum Gasteiger partial charge on any atom is 0.351 e. The fourth-order valence-corrected chi connectivity index (χ4v) is 2.12. The number of anilines is 1. The summed E-state index contributed by atoms with van der Waals surface area (Å²) < 4.78 is 29.5.